The smallest absolute Gasteiger partial charge is 0.191 e. The molecule has 0 amide bonds. The molecule has 0 saturated carbocycles. The van der Waals surface area contributed by atoms with Gasteiger partial charge in [0, 0.05) is 31.3 Å². The first-order valence-electron chi connectivity index (χ1n) is 11.3. The van der Waals surface area contributed by atoms with Crippen LogP contribution in [0.4, 0.5) is 8.78 Å². The van der Waals surface area contributed by atoms with Gasteiger partial charge in [0.05, 0.1) is 12.6 Å². The SMILES string of the molecule is CCNC(=NCC1(NC(C)c2ccccc2)CCOCC1)NC(C)c1ccc(F)c(F)c1. The number of aliphatic imine (C=N–C) groups is 1. The van der Waals surface area contributed by atoms with Crippen LogP contribution in [-0.4, -0.2) is 37.8 Å². The molecule has 0 aromatic heterocycles. The molecule has 3 N–H and O–H groups in total. The molecule has 32 heavy (non-hydrogen) atoms. The van der Waals surface area contributed by atoms with Crippen LogP contribution >= 0.6 is 0 Å². The quantitative estimate of drug-likeness (QED) is 0.415. The fourth-order valence-electron chi connectivity index (χ4n) is 4.02. The van der Waals surface area contributed by atoms with Gasteiger partial charge in [-0.3, -0.25) is 4.99 Å². The van der Waals surface area contributed by atoms with E-state index in [9.17, 15) is 8.78 Å². The molecule has 2 aromatic rings. The molecule has 0 spiro atoms. The van der Waals surface area contributed by atoms with Gasteiger partial charge in [-0.25, -0.2) is 8.78 Å². The van der Waals surface area contributed by atoms with Crippen LogP contribution in [0.25, 0.3) is 0 Å². The third-order valence-corrected chi connectivity index (χ3v) is 5.95. The Kier molecular flexibility index (Phi) is 8.59. The first-order chi connectivity index (χ1) is 15.4. The first-order valence-corrected chi connectivity index (χ1v) is 11.3. The summed E-state index contributed by atoms with van der Waals surface area (Å²) in [5.41, 5.74) is 1.71. The standard InChI is InChI=1S/C25H34F2N4O/c1-4-28-24(30-18(2)21-10-11-22(26)23(27)16-21)29-17-25(12-14-32-15-13-25)31-19(3)20-8-6-5-7-9-20/h5-11,16,18-19,31H,4,12-15,17H2,1-3H3,(H2,28,29,30). The summed E-state index contributed by atoms with van der Waals surface area (Å²) in [5, 5.41) is 10.4. The Labute approximate surface area is 189 Å². The van der Waals surface area contributed by atoms with E-state index in [2.05, 4.69) is 47.1 Å². The summed E-state index contributed by atoms with van der Waals surface area (Å²) in [6, 6.07) is 14.3. The van der Waals surface area contributed by atoms with E-state index < -0.39 is 11.6 Å². The van der Waals surface area contributed by atoms with Crippen molar-refractivity contribution in [3.05, 3.63) is 71.3 Å². The molecule has 2 atom stereocenters. The van der Waals surface area contributed by atoms with Gasteiger partial charge in [-0.15, -0.1) is 0 Å². The maximum atomic E-state index is 13.7. The molecule has 2 aromatic carbocycles. The zero-order chi connectivity index (χ0) is 23.0. The van der Waals surface area contributed by atoms with Crippen molar-refractivity contribution < 1.29 is 13.5 Å². The number of nitrogens with one attached hydrogen (secondary N) is 3. The number of guanidine groups is 1. The van der Waals surface area contributed by atoms with Crippen molar-refractivity contribution in [2.45, 2.75) is 51.2 Å². The van der Waals surface area contributed by atoms with Crippen molar-refractivity contribution in [3.63, 3.8) is 0 Å². The fraction of sp³-hybridized carbons (Fsp3) is 0.480. The van der Waals surface area contributed by atoms with Gasteiger partial charge in [-0.2, -0.15) is 0 Å². The number of halogens is 2. The summed E-state index contributed by atoms with van der Waals surface area (Å²) in [6.07, 6.45) is 1.73. The molecule has 0 aliphatic carbocycles. The molecule has 0 radical (unpaired) electrons. The zero-order valence-electron chi connectivity index (χ0n) is 19.1. The van der Waals surface area contributed by atoms with Crippen LogP contribution in [0.1, 0.15) is 56.8 Å². The maximum Gasteiger partial charge on any atom is 0.191 e. The molecular formula is C25H34F2N4O. The maximum absolute atomic E-state index is 13.7. The predicted molar refractivity (Wildman–Crippen MR) is 125 cm³/mol. The van der Waals surface area contributed by atoms with Crippen LogP contribution in [0.15, 0.2) is 53.5 Å². The average Bonchev–Trinajstić information content (AvgIpc) is 2.80. The molecule has 0 bridgehead atoms. The highest BCUT2D eigenvalue weighted by Crippen LogP contribution is 2.26. The number of rotatable bonds is 8. The van der Waals surface area contributed by atoms with E-state index in [4.69, 9.17) is 9.73 Å². The average molecular weight is 445 g/mol. The van der Waals surface area contributed by atoms with Crippen LogP contribution in [0.3, 0.4) is 0 Å². The Balaban J connectivity index is 1.73. The molecule has 2 unspecified atom stereocenters. The van der Waals surface area contributed by atoms with Gasteiger partial charge in [0.2, 0.25) is 0 Å². The first kappa shape index (κ1) is 24.1. The van der Waals surface area contributed by atoms with E-state index in [-0.39, 0.29) is 17.6 Å². The van der Waals surface area contributed by atoms with Crippen molar-refractivity contribution in [3.8, 4) is 0 Å². The Hall–Kier alpha value is -2.51. The number of benzene rings is 2. The van der Waals surface area contributed by atoms with Gasteiger partial charge in [0.15, 0.2) is 17.6 Å². The molecule has 1 aliphatic rings. The monoisotopic (exact) mass is 444 g/mol. The van der Waals surface area contributed by atoms with Crippen LogP contribution < -0.4 is 16.0 Å². The summed E-state index contributed by atoms with van der Waals surface area (Å²) in [4.78, 5) is 4.87. The number of ether oxygens (including phenoxy) is 1. The van der Waals surface area contributed by atoms with Crippen LogP contribution in [0.5, 0.6) is 0 Å². The molecule has 3 rings (SSSR count). The molecule has 1 saturated heterocycles. The van der Waals surface area contributed by atoms with E-state index in [0.29, 0.717) is 37.8 Å². The lowest BCUT2D eigenvalue weighted by molar-refractivity contribution is 0.0374. The highest BCUT2D eigenvalue weighted by molar-refractivity contribution is 5.80. The molecule has 1 aliphatic heterocycles. The predicted octanol–water partition coefficient (Wildman–Crippen LogP) is 4.48. The van der Waals surface area contributed by atoms with Crippen molar-refractivity contribution in [2.75, 3.05) is 26.3 Å². The van der Waals surface area contributed by atoms with Crippen molar-refractivity contribution in [2.24, 2.45) is 4.99 Å². The van der Waals surface area contributed by atoms with Crippen molar-refractivity contribution in [1.82, 2.24) is 16.0 Å². The minimum atomic E-state index is -0.849. The van der Waals surface area contributed by atoms with E-state index in [1.54, 1.807) is 6.07 Å². The number of nitrogens with zero attached hydrogens (tertiary/aromatic N) is 1. The van der Waals surface area contributed by atoms with Crippen molar-refractivity contribution in [1.29, 1.82) is 0 Å². The summed E-state index contributed by atoms with van der Waals surface area (Å²) >= 11 is 0. The number of hydrogen-bond donors (Lipinski definition) is 3. The second-order valence-corrected chi connectivity index (χ2v) is 8.40. The van der Waals surface area contributed by atoms with Gasteiger partial charge in [-0.05, 0) is 56.9 Å². The summed E-state index contributed by atoms with van der Waals surface area (Å²) in [6.45, 7) is 8.73. The second-order valence-electron chi connectivity index (χ2n) is 8.40. The van der Waals surface area contributed by atoms with Crippen LogP contribution in [0.2, 0.25) is 0 Å². The molecular weight excluding hydrogens is 410 g/mol. The fourth-order valence-corrected chi connectivity index (χ4v) is 4.02. The summed E-state index contributed by atoms with van der Waals surface area (Å²) in [7, 11) is 0. The largest absolute Gasteiger partial charge is 0.381 e. The van der Waals surface area contributed by atoms with Crippen molar-refractivity contribution >= 4 is 5.96 Å². The minimum absolute atomic E-state index is 0.179. The lowest BCUT2D eigenvalue weighted by Crippen LogP contribution is -2.53. The molecule has 174 valence electrons. The zero-order valence-corrected chi connectivity index (χ0v) is 19.1. The van der Waals surface area contributed by atoms with E-state index in [1.165, 1.54) is 11.6 Å². The lowest BCUT2D eigenvalue weighted by Gasteiger charge is -2.39. The second kappa shape index (κ2) is 11.4. The molecule has 5 nitrogen and oxygen atoms in total. The van der Waals surface area contributed by atoms with Gasteiger partial charge in [-0.1, -0.05) is 36.4 Å². The summed E-state index contributed by atoms with van der Waals surface area (Å²) in [5.74, 6) is -1.05. The Morgan fingerprint density at radius 1 is 1.00 bits per heavy atom. The molecule has 1 fully saturated rings. The van der Waals surface area contributed by atoms with Gasteiger partial charge < -0.3 is 20.7 Å². The highest BCUT2D eigenvalue weighted by Gasteiger charge is 2.34. The van der Waals surface area contributed by atoms with E-state index >= 15 is 0 Å². The van der Waals surface area contributed by atoms with Gasteiger partial charge >= 0.3 is 0 Å². The van der Waals surface area contributed by atoms with Gasteiger partial charge in [0.25, 0.3) is 0 Å². The Morgan fingerprint density at radius 3 is 2.38 bits per heavy atom. The van der Waals surface area contributed by atoms with Gasteiger partial charge in [0.1, 0.15) is 0 Å². The normalized spacial score (nSPS) is 18.1. The van der Waals surface area contributed by atoms with Crippen LogP contribution in [0, 0.1) is 11.6 Å². The van der Waals surface area contributed by atoms with E-state index in [1.807, 2.05) is 19.9 Å². The topological polar surface area (TPSA) is 57.7 Å². The van der Waals surface area contributed by atoms with E-state index in [0.717, 1.165) is 18.9 Å². The number of hydrogen-bond acceptors (Lipinski definition) is 3. The summed E-state index contributed by atoms with van der Waals surface area (Å²) < 4.78 is 32.6. The molecule has 1 heterocycles. The Morgan fingerprint density at radius 2 is 1.72 bits per heavy atom. The van der Waals surface area contributed by atoms with Crippen LogP contribution in [-0.2, 0) is 4.74 Å². The molecule has 7 heteroatoms. The Bertz CT molecular complexity index is 885. The third kappa shape index (κ3) is 6.50. The minimum Gasteiger partial charge on any atom is -0.381 e. The lowest BCUT2D eigenvalue weighted by atomic mass is 9.88. The third-order valence-electron chi connectivity index (χ3n) is 5.95. The highest BCUT2D eigenvalue weighted by atomic mass is 19.2.